The number of amides is 1. The van der Waals surface area contributed by atoms with Gasteiger partial charge < -0.3 is 10.1 Å². The second kappa shape index (κ2) is 7.56. The monoisotopic (exact) mass is 382 g/mol. The number of rotatable bonds is 5. The highest BCUT2D eigenvalue weighted by Crippen LogP contribution is 2.25. The molecule has 0 fully saturated rings. The molecule has 4 rings (SSSR count). The molecule has 0 atom stereocenters. The summed E-state index contributed by atoms with van der Waals surface area (Å²) in [7, 11) is 0. The van der Waals surface area contributed by atoms with Crippen molar-refractivity contribution in [3.05, 3.63) is 57.2 Å². The zero-order valence-electron chi connectivity index (χ0n) is 15.3. The predicted molar refractivity (Wildman–Crippen MR) is 109 cm³/mol. The molecule has 6 heteroatoms. The lowest BCUT2D eigenvalue weighted by atomic mass is 9.92. The number of anilines is 1. The van der Waals surface area contributed by atoms with Gasteiger partial charge in [-0.3, -0.25) is 14.2 Å². The topological polar surface area (TPSA) is 60.3 Å². The number of nitrogens with one attached hydrogen (secondary N) is 1. The summed E-state index contributed by atoms with van der Waals surface area (Å²) in [4.78, 5) is 24.2. The number of aryl methyl sites for hydroxylation is 3. The number of ether oxygens (including phenoxy) is 1. The lowest BCUT2D eigenvalue weighted by Crippen LogP contribution is -2.20. The minimum atomic E-state index is -0.214. The van der Waals surface area contributed by atoms with Crippen molar-refractivity contribution in [2.75, 3.05) is 11.9 Å². The van der Waals surface area contributed by atoms with Crippen LogP contribution in [0.3, 0.4) is 0 Å². The SMILES string of the molecule is CCn1c(=O)sc2cc(NC(=O)COc3ccc4c(c3)CCCC4)ccc21. The summed E-state index contributed by atoms with van der Waals surface area (Å²) >= 11 is 1.19. The Bertz CT molecular complexity index is 1050. The van der Waals surface area contributed by atoms with Crippen molar-refractivity contribution in [1.29, 1.82) is 0 Å². The maximum absolute atomic E-state index is 12.2. The van der Waals surface area contributed by atoms with Crippen molar-refractivity contribution in [3.63, 3.8) is 0 Å². The molecule has 2 aromatic carbocycles. The number of fused-ring (bicyclic) bond motifs is 2. The Morgan fingerprint density at radius 1 is 1.15 bits per heavy atom. The third-order valence-electron chi connectivity index (χ3n) is 4.96. The average Bonchev–Trinajstić information content (AvgIpc) is 3.00. The molecule has 1 aromatic heterocycles. The number of aromatic nitrogens is 1. The first-order valence-electron chi connectivity index (χ1n) is 9.32. The smallest absolute Gasteiger partial charge is 0.308 e. The molecule has 1 heterocycles. The Morgan fingerprint density at radius 3 is 2.78 bits per heavy atom. The maximum Gasteiger partial charge on any atom is 0.308 e. The average molecular weight is 382 g/mol. The summed E-state index contributed by atoms with van der Waals surface area (Å²) in [5.41, 5.74) is 4.30. The number of hydrogen-bond acceptors (Lipinski definition) is 4. The van der Waals surface area contributed by atoms with Gasteiger partial charge in [0.15, 0.2) is 6.61 Å². The molecule has 0 unspecified atom stereocenters. The number of carbonyl (C=O) groups is 1. The number of hydrogen-bond donors (Lipinski definition) is 1. The zero-order chi connectivity index (χ0) is 18.8. The molecule has 5 nitrogen and oxygen atoms in total. The van der Waals surface area contributed by atoms with Gasteiger partial charge in [0.2, 0.25) is 0 Å². The normalized spacial score (nSPS) is 13.4. The van der Waals surface area contributed by atoms with Gasteiger partial charge in [0, 0.05) is 12.2 Å². The summed E-state index contributed by atoms with van der Waals surface area (Å²) in [6.07, 6.45) is 4.67. The molecule has 1 amide bonds. The summed E-state index contributed by atoms with van der Waals surface area (Å²) in [6.45, 7) is 2.55. The zero-order valence-corrected chi connectivity index (χ0v) is 16.1. The second-order valence-electron chi connectivity index (χ2n) is 6.77. The molecule has 0 bridgehead atoms. The van der Waals surface area contributed by atoms with E-state index in [1.165, 1.54) is 35.3 Å². The van der Waals surface area contributed by atoms with E-state index in [4.69, 9.17) is 4.74 Å². The van der Waals surface area contributed by atoms with E-state index in [2.05, 4.69) is 17.4 Å². The first kappa shape index (κ1) is 17.8. The van der Waals surface area contributed by atoms with Crippen LogP contribution < -0.4 is 14.9 Å². The van der Waals surface area contributed by atoms with E-state index in [1.54, 1.807) is 4.57 Å². The van der Waals surface area contributed by atoms with Crippen LogP contribution in [0.15, 0.2) is 41.2 Å². The van der Waals surface area contributed by atoms with Crippen LogP contribution in [0.2, 0.25) is 0 Å². The van der Waals surface area contributed by atoms with Crippen LogP contribution in [0.1, 0.15) is 30.9 Å². The summed E-state index contributed by atoms with van der Waals surface area (Å²) < 4.78 is 8.27. The third-order valence-corrected chi connectivity index (χ3v) is 5.90. The van der Waals surface area contributed by atoms with Crippen molar-refractivity contribution in [2.45, 2.75) is 39.2 Å². The van der Waals surface area contributed by atoms with Gasteiger partial charge in [-0.2, -0.15) is 0 Å². The van der Waals surface area contributed by atoms with E-state index in [1.807, 2.05) is 31.2 Å². The van der Waals surface area contributed by atoms with Gasteiger partial charge in [0.1, 0.15) is 5.75 Å². The predicted octanol–water partition coefficient (Wildman–Crippen LogP) is 3.98. The Labute approximate surface area is 161 Å². The molecular formula is C21H22N2O3S. The Hall–Kier alpha value is -2.60. The molecule has 27 heavy (non-hydrogen) atoms. The van der Waals surface area contributed by atoms with Crippen LogP contribution in [0.25, 0.3) is 10.2 Å². The van der Waals surface area contributed by atoms with E-state index in [0.717, 1.165) is 28.8 Å². The first-order chi connectivity index (χ1) is 13.1. The lowest BCUT2D eigenvalue weighted by molar-refractivity contribution is -0.118. The third kappa shape index (κ3) is 3.76. The molecular weight excluding hydrogens is 360 g/mol. The van der Waals surface area contributed by atoms with Gasteiger partial charge in [-0.1, -0.05) is 17.4 Å². The van der Waals surface area contributed by atoms with E-state index in [0.29, 0.717) is 12.2 Å². The number of benzene rings is 2. The molecule has 140 valence electrons. The molecule has 1 aliphatic carbocycles. The first-order valence-corrected chi connectivity index (χ1v) is 10.1. The largest absolute Gasteiger partial charge is 0.484 e. The van der Waals surface area contributed by atoms with Crippen LogP contribution in [-0.4, -0.2) is 17.1 Å². The van der Waals surface area contributed by atoms with Gasteiger partial charge in [-0.25, -0.2) is 0 Å². The quantitative estimate of drug-likeness (QED) is 0.726. The van der Waals surface area contributed by atoms with Crippen LogP contribution in [0.4, 0.5) is 5.69 Å². The molecule has 0 saturated heterocycles. The molecule has 0 spiro atoms. The molecule has 0 radical (unpaired) electrons. The van der Waals surface area contributed by atoms with Crippen molar-refractivity contribution in [1.82, 2.24) is 4.57 Å². The van der Waals surface area contributed by atoms with Gasteiger partial charge in [0.05, 0.1) is 10.2 Å². The minimum Gasteiger partial charge on any atom is -0.484 e. The van der Waals surface area contributed by atoms with Crippen molar-refractivity contribution in [2.24, 2.45) is 0 Å². The van der Waals surface area contributed by atoms with Crippen LogP contribution in [0, 0.1) is 0 Å². The summed E-state index contributed by atoms with van der Waals surface area (Å²) in [5, 5.41) is 2.84. The standard InChI is InChI=1S/C21H22N2O3S/c1-2-23-18-10-8-16(12-19(18)27-21(23)25)22-20(24)13-26-17-9-7-14-5-3-4-6-15(14)11-17/h7-12H,2-6,13H2,1H3,(H,22,24). The highest BCUT2D eigenvalue weighted by molar-refractivity contribution is 7.16. The second-order valence-corrected chi connectivity index (χ2v) is 7.76. The fourth-order valence-electron chi connectivity index (χ4n) is 3.59. The van der Waals surface area contributed by atoms with Crippen LogP contribution in [0.5, 0.6) is 5.75 Å². The Kier molecular flexibility index (Phi) is 4.99. The van der Waals surface area contributed by atoms with E-state index in [-0.39, 0.29) is 17.4 Å². The molecule has 1 aliphatic rings. The van der Waals surface area contributed by atoms with Gasteiger partial charge >= 0.3 is 4.87 Å². The van der Waals surface area contributed by atoms with Crippen molar-refractivity contribution < 1.29 is 9.53 Å². The minimum absolute atomic E-state index is 0.0201. The maximum atomic E-state index is 12.2. The fourth-order valence-corrected chi connectivity index (χ4v) is 4.58. The number of thiazole rings is 1. The summed E-state index contributed by atoms with van der Waals surface area (Å²) in [5.74, 6) is 0.522. The number of carbonyl (C=O) groups excluding carboxylic acids is 1. The van der Waals surface area contributed by atoms with Crippen molar-refractivity contribution >= 4 is 33.1 Å². The fraction of sp³-hybridized carbons (Fsp3) is 0.333. The van der Waals surface area contributed by atoms with Gasteiger partial charge in [-0.05, 0) is 74.1 Å². The highest BCUT2D eigenvalue weighted by atomic mass is 32.1. The molecule has 1 N–H and O–H groups in total. The van der Waals surface area contributed by atoms with E-state index >= 15 is 0 Å². The molecule has 3 aromatic rings. The van der Waals surface area contributed by atoms with Crippen LogP contribution >= 0.6 is 11.3 Å². The molecule has 0 saturated carbocycles. The molecule has 0 aliphatic heterocycles. The van der Waals surface area contributed by atoms with Gasteiger partial charge in [0.25, 0.3) is 5.91 Å². The Morgan fingerprint density at radius 2 is 1.96 bits per heavy atom. The lowest BCUT2D eigenvalue weighted by Gasteiger charge is -2.16. The number of nitrogens with zero attached hydrogens (tertiary/aromatic N) is 1. The van der Waals surface area contributed by atoms with E-state index < -0.39 is 0 Å². The van der Waals surface area contributed by atoms with Gasteiger partial charge in [-0.15, -0.1) is 0 Å². The summed E-state index contributed by atoms with van der Waals surface area (Å²) in [6, 6.07) is 11.6. The van der Waals surface area contributed by atoms with E-state index in [9.17, 15) is 9.59 Å². The van der Waals surface area contributed by atoms with Crippen molar-refractivity contribution in [3.8, 4) is 5.75 Å². The highest BCUT2D eigenvalue weighted by Gasteiger charge is 2.12. The van der Waals surface area contributed by atoms with Crippen LogP contribution in [-0.2, 0) is 24.2 Å². The Balaban J connectivity index is 1.40.